The molecule has 0 aromatic carbocycles. The van der Waals surface area contributed by atoms with Crippen LogP contribution >= 0.6 is 23.6 Å². The lowest BCUT2D eigenvalue weighted by atomic mass is 10.0. The van der Waals surface area contributed by atoms with E-state index < -0.39 is 0 Å². The second-order valence-corrected chi connectivity index (χ2v) is 6.54. The van der Waals surface area contributed by atoms with Gasteiger partial charge in [-0.3, -0.25) is 10.00 Å². The van der Waals surface area contributed by atoms with Crippen LogP contribution in [0.4, 0.5) is 0 Å². The van der Waals surface area contributed by atoms with Gasteiger partial charge in [0.05, 0.1) is 11.5 Å². The van der Waals surface area contributed by atoms with Crippen molar-refractivity contribution in [1.82, 2.24) is 19.7 Å². The average Bonchev–Trinajstić information content (AvgIpc) is 3.00. The second-order valence-electron chi connectivity index (χ2n) is 5.23. The molecule has 6 heteroatoms. The van der Waals surface area contributed by atoms with Crippen LogP contribution in [0.5, 0.6) is 0 Å². The van der Waals surface area contributed by atoms with Crippen LogP contribution in [-0.4, -0.2) is 32.8 Å². The Morgan fingerprint density at radius 1 is 1.58 bits per heavy atom. The molecule has 0 saturated carbocycles. The van der Waals surface area contributed by atoms with Crippen molar-refractivity contribution in [1.29, 1.82) is 0 Å². The molecule has 0 unspecified atom stereocenters. The van der Waals surface area contributed by atoms with Crippen molar-refractivity contribution in [3.63, 3.8) is 0 Å². The predicted molar refractivity (Wildman–Crippen MR) is 80.7 cm³/mol. The van der Waals surface area contributed by atoms with Gasteiger partial charge in [-0.15, -0.1) is 11.3 Å². The fourth-order valence-corrected chi connectivity index (χ4v) is 3.45. The summed E-state index contributed by atoms with van der Waals surface area (Å²) in [6.07, 6.45) is 2.62. The number of piperidine rings is 1. The Kier molecular flexibility index (Phi) is 3.81. The number of nitrogens with one attached hydrogen (secondary N) is 1. The van der Waals surface area contributed by atoms with E-state index in [0.29, 0.717) is 4.77 Å². The summed E-state index contributed by atoms with van der Waals surface area (Å²) in [4.78, 5) is 8.02. The molecule has 1 atom stereocenters. The number of thiophene rings is 1. The zero-order valence-electron chi connectivity index (χ0n) is 11.0. The number of rotatable bonds is 3. The highest BCUT2D eigenvalue weighted by molar-refractivity contribution is 7.71. The SMILES string of the molecule is C[C@@H]1CCCN(Cn2[nH]c(-c3cccs3)nc2=S)C1. The second kappa shape index (κ2) is 5.56. The summed E-state index contributed by atoms with van der Waals surface area (Å²) in [6.45, 7) is 5.44. The third-order valence-electron chi connectivity index (χ3n) is 3.52. The third-order valence-corrected chi connectivity index (χ3v) is 4.70. The smallest absolute Gasteiger partial charge is 0.217 e. The average molecular weight is 294 g/mol. The van der Waals surface area contributed by atoms with E-state index >= 15 is 0 Å². The van der Waals surface area contributed by atoms with Gasteiger partial charge in [0.15, 0.2) is 5.82 Å². The number of nitrogens with zero attached hydrogens (tertiary/aromatic N) is 3. The van der Waals surface area contributed by atoms with E-state index in [9.17, 15) is 0 Å². The number of hydrogen-bond acceptors (Lipinski definition) is 4. The van der Waals surface area contributed by atoms with Gasteiger partial charge in [0.2, 0.25) is 4.77 Å². The van der Waals surface area contributed by atoms with Crippen molar-refractivity contribution in [2.75, 3.05) is 13.1 Å². The largest absolute Gasteiger partial charge is 0.284 e. The first kappa shape index (κ1) is 13.0. The fraction of sp³-hybridized carbons (Fsp3) is 0.538. The third kappa shape index (κ3) is 2.96. The molecule has 1 aliphatic heterocycles. The summed E-state index contributed by atoms with van der Waals surface area (Å²) < 4.78 is 2.62. The molecule has 102 valence electrons. The van der Waals surface area contributed by atoms with Crippen molar-refractivity contribution in [3.05, 3.63) is 22.3 Å². The summed E-state index contributed by atoms with van der Waals surface area (Å²) in [5.41, 5.74) is 0. The lowest BCUT2D eigenvalue weighted by molar-refractivity contribution is 0.138. The first-order valence-electron chi connectivity index (χ1n) is 6.65. The van der Waals surface area contributed by atoms with E-state index in [4.69, 9.17) is 12.2 Å². The van der Waals surface area contributed by atoms with E-state index in [1.807, 2.05) is 10.7 Å². The summed E-state index contributed by atoms with van der Waals surface area (Å²) in [5, 5.41) is 5.37. The molecule has 4 nitrogen and oxygen atoms in total. The molecule has 3 heterocycles. The maximum absolute atomic E-state index is 5.34. The molecule has 3 rings (SSSR count). The Balaban J connectivity index is 1.76. The summed E-state index contributed by atoms with van der Waals surface area (Å²) in [5.74, 6) is 1.66. The van der Waals surface area contributed by atoms with Crippen LogP contribution in [0, 0.1) is 10.7 Å². The minimum atomic E-state index is 0.640. The molecule has 1 aliphatic rings. The lowest BCUT2D eigenvalue weighted by Gasteiger charge is -2.30. The van der Waals surface area contributed by atoms with Gasteiger partial charge in [-0.25, -0.2) is 4.68 Å². The maximum Gasteiger partial charge on any atom is 0.217 e. The standard InChI is InChI=1S/C13H18N4S2/c1-10-4-2-6-16(8-10)9-17-13(18)14-12(15-17)11-5-3-7-19-11/h3,5,7,10H,2,4,6,8-9H2,1H3,(H,14,15,18)/t10-/m1/s1. The molecule has 0 spiro atoms. The van der Waals surface area contributed by atoms with E-state index in [0.717, 1.165) is 36.4 Å². The van der Waals surface area contributed by atoms with E-state index in [1.54, 1.807) is 11.3 Å². The normalized spacial score (nSPS) is 20.8. The van der Waals surface area contributed by atoms with Crippen LogP contribution in [0.1, 0.15) is 19.8 Å². The summed E-state index contributed by atoms with van der Waals surface area (Å²) in [6, 6.07) is 4.09. The van der Waals surface area contributed by atoms with Crippen LogP contribution in [0.15, 0.2) is 17.5 Å². The van der Waals surface area contributed by atoms with E-state index in [1.165, 1.54) is 12.8 Å². The van der Waals surface area contributed by atoms with E-state index in [2.05, 4.69) is 33.4 Å². The Hall–Kier alpha value is -0.980. The minimum Gasteiger partial charge on any atom is -0.284 e. The van der Waals surface area contributed by atoms with Crippen LogP contribution in [-0.2, 0) is 6.67 Å². The molecule has 0 amide bonds. The zero-order chi connectivity index (χ0) is 13.2. The molecule has 2 aromatic rings. The fourth-order valence-electron chi connectivity index (χ4n) is 2.59. The van der Waals surface area contributed by atoms with E-state index in [-0.39, 0.29) is 0 Å². The molecule has 2 aromatic heterocycles. The first-order chi connectivity index (χ1) is 9.22. The molecule has 0 bridgehead atoms. The number of likely N-dealkylation sites (tertiary alicyclic amines) is 1. The van der Waals surface area contributed by atoms with Crippen molar-refractivity contribution < 1.29 is 0 Å². The monoisotopic (exact) mass is 294 g/mol. The molecular formula is C13H18N4S2. The molecule has 0 radical (unpaired) electrons. The Morgan fingerprint density at radius 2 is 2.47 bits per heavy atom. The van der Waals surface area contributed by atoms with Crippen LogP contribution in [0.3, 0.4) is 0 Å². The van der Waals surface area contributed by atoms with Crippen LogP contribution in [0.2, 0.25) is 0 Å². The number of aromatic amines is 1. The lowest BCUT2D eigenvalue weighted by Crippen LogP contribution is -2.36. The van der Waals surface area contributed by atoms with Gasteiger partial charge in [-0.2, -0.15) is 4.98 Å². The van der Waals surface area contributed by atoms with Crippen LogP contribution < -0.4 is 0 Å². The highest BCUT2D eigenvalue weighted by atomic mass is 32.1. The maximum atomic E-state index is 5.34. The molecule has 1 N–H and O–H groups in total. The molecular weight excluding hydrogens is 276 g/mol. The van der Waals surface area contributed by atoms with Crippen molar-refractivity contribution in [2.24, 2.45) is 5.92 Å². The quantitative estimate of drug-likeness (QED) is 0.882. The van der Waals surface area contributed by atoms with Gasteiger partial charge < -0.3 is 0 Å². The zero-order valence-corrected chi connectivity index (χ0v) is 12.6. The van der Waals surface area contributed by atoms with Gasteiger partial charge in [-0.05, 0) is 49.0 Å². The Labute approximate surface area is 122 Å². The number of hydrogen-bond donors (Lipinski definition) is 1. The first-order valence-corrected chi connectivity index (χ1v) is 7.94. The number of aromatic nitrogens is 3. The van der Waals surface area contributed by atoms with Crippen molar-refractivity contribution in [2.45, 2.75) is 26.4 Å². The van der Waals surface area contributed by atoms with Gasteiger partial charge >= 0.3 is 0 Å². The molecule has 19 heavy (non-hydrogen) atoms. The van der Waals surface area contributed by atoms with Crippen LogP contribution in [0.25, 0.3) is 10.7 Å². The van der Waals surface area contributed by atoms with Gasteiger partial charge in [0.1, 0.15) is 0 Å². The molecule has 0 aliphatic carbocycles. The predicted octanol–water partition coefficient (Wildman–Crippen LogP) is 3.36. The Morgan fingerprint density at radius 3 is 3.21 bits per heavy atom. The summed E-state index contributed by atoms with van der Waals surface area (Å²) >= 11 is 7.02. The van der Waals surface area contributed by atoms with Crippen molar-refractivity contribution >= 4 is 23.6 Å². The molecule has 1 fully saturated rings. The van der Waals surface area contributed by atoms with Gasteiger partial charge in [0.25, 0.3) is 0 Å². The topological polar surface area (TPSA) is 36.9 Å². The highest BCUT2D eigenvalue weighted by Crippen LogP contribution is 2.21. The molecule has 1 saturated heterocycles. The van der Waals surface area contributed by atoms with Crippen molar-refractivity contribution in [3.8, 4) is 10.7 Å². The highest BCUT2D eigenvalue weighted by Gasteiger charge is 2.17. The van der Waals surface area contributed by atoms with Gasteiger partial charge in [0, 0.05) is 6.54 Å². The Bertz CT molecular complexity index is 584. The van der Waals surface area contributed by atoms with Gasteiger partial charge in [-0.1, -0.05) is 13.0 Å². The summed E-state index contributed by atoms with van der Waals surface area (Å²) in [7, 11) is 0. The number of H-pyrrole nitrogens is 1. The minimum absolute atomic E-state index is 0.640.